The van der Waals surface area contributed by atoms with Gasteiger partial charge >= 0.3 is 12.1 Å². The van der Waals surface area contributed by atoms with Crippen molar-refractivity contribution in [2.75, 3.05) is 18.5 Å². The van der Waals surface area contributed by atoms with Crippen LogP contribution in [0.4, 0.5) is 18.9 Å². The van der Waals surface area contributed by atoms with Gasteiger partial charge in [0.25, 0.3) is 0 Å². The molecule has 0 saturated carbocycles. The lowest BCUT2D eigenvalue weighted by molar-refractivity contribution is -0.180. The first-order valence-corrected chi connectivity index (χ1v) is 14.7. The summed E-state index contributed by atoms with van der Waals surface area (Å²) < 4.78 is 53.1. The van der Waals surface area contributed by atoms with Gasteiger partial charge in [-0.05, 0) is 78.5 Å². The Labute approximate surface area is 251 Å². The van der Waals surface area contributed by atoms with Crippen molar-refractivity contribution in [2.24, 2.45) is 5.92 Å². The smallest absolute Gasteiger partial charge is 0.407 e. The fraction of sp³-hybridized carbons (Fsp3) is 0.700. The second-order valence-corrected chi connectivity index (χ2v) is 13.7. The standard InChI is InChI=1S/C30H43F3N6O4/c1-27(2,3)37-23(30(31,32)33)18-7-9-19(10-8-18)36-24-22-20(12-16-35-25(22)40)39(38-24)29(14-15-34)13-11-21(42-17-29)26(41)43-28(4,5)6/h7-10,20-24,36-38H,11-14,16-17H2,1-6H3,(H,35,40)/t20?,21-,22?,23?,24?,29-/m0/s1. The molecular formula is C30H43F3N6O4. The van der Waals surface area contributed by atoms with Crippen LogP contribution in [0.5, 0.6) is 0 Å². The van der Waals surface area contributed by atoms with E-state index in [1.54, 1.807) is 53.7 Å². The van der Waals surface area contributed by atoms with Gasteiger partial charge in [0.2, 0.25) is 5.91 Å². The second-order valence-electron chi connectivity index (χ2n) is 13.7. The number of ether oxygens (including phenoxy) is 2. The number of hydrogen-bond donors (Lipinski definition) is 4. The topological polar surface area (TPSA) is 128 Å². The van der Waals surface area contributed by atoms with Crippen LogP contribution in [-0.2, 0) is 19.1 Å². The van der Waals surface area contributed by atoms with Crippen LogP contribution >= 0.6 is 0 Å². The highest BCUT2D eigenvalue weighted by Crippen LogP contribution is 2.41. The third-order valence-corrected chi connectivity index (χ3v) is 7.91. The molecule has 4 rings (SSSR count). The number of nitriles is 1. The highest BCUT2D eigenvalue weighted by atomic mass is 19.4. The first-order chi connectivity index (χ1) is 19.9. The van der Waals surface area contributed by atoms with Gasteiger partial charge in [-0.3, -0.25) is 10.1 Å². The fourth-order valence-corrected chi connectivity index (χ4v) is 6.08. The van der Waals surface area contributed by atoms with Crippen LogP contribution in [0.15, 0.2) is 24.3 Å². The molecule has 0 bridgehead atoms. The predicted octanol–water partition coefficient (Wildman–Crippen LogP) is 3.91. The van der Waals surface area contributed by atoms with Crippen LogP contribution < -0.4 is 21.4 Å². The van der Waals surface area contributed by atoms with Crippen LogP contribution in [0, 0.1) is 17.2 Å². The Morgan fingerprint density at radius 3 is 2.40 bits per heavy atom. The lowest BCUT2D eigenvalue weighted by Crippen LogP contribution is -2.63. The quantitative estimate of drug-likeness (QED) is 0.341. The third kappa shape index (κ3) is 7.78. The summed E-state index contributed by atoms with van der Waals surface area (Å²) in [6.07, 6.45) is -4.30. The van der Waals surface area contributed by atoms with Gasteiger partial charge in [-0.15, -0.1) is 0 Å². The Kier molecular flexibility index (Phi) is 9.38. The highest BCUT2D eigenvalue weighted by molar-refractivity contribution is 5.82. The van der Waals surface area contributed by atoms with Crippen molar-refractivity contribution in [1.29, 1.82) is 5.26 Å². The number of carbonyl (C=O) groups excluding carboxylic acids is 2. The maximum absolute atomic E-state index is 13.9. The molecule has 0 aromatic heterocycles. The molecule has 6 atom stereocenters. The van der Waals surface area contributed by atoms with Gasteiger partial charge in [0, 0.05) is 23.8 Å². The number of benzene rings is 1. The first-order valence-electron chi connectivity index (χ1n) is 14.7. The van der Waals surface area contributed by atoms with E-state index in [-0.39, 0.29) is 30.5 Å². The maximum Gasteiger partial charge on any atom is 0.407 e. The SMILES string of the molecule is CC(C)(C)NC(c1ccc(NC2NN([C@]3(CC#N)CC[C@@H](C(=O)OC(C)(C)C)OC3)C3CCNC(=O)C23)cc1)C(F)(F)F. The van der Waals surface area contributed by atoms with Gasteiger partial charge in [-0.1, -0.05) is 12.1 Å². The average Bonchev–Trinajstić information content (AvgIpc) is 3.26. The van der Waals surface area contributed by atoms with E-state index in [9.17, 15) is 28.0 Å². The number of hydrazine groups is 1. The molecule has 0 radical (unpaired) electrons. The predicted molar refractivity (Wildman–Crippen MR) is 153 cm³/mol. The summed E-state index contributed by atoms with van der Waals surface area (Å²) in [6.45, 7) is 10.9. The molecule has 3 aliphatic heterocycles. The van der Waals surface area contributed by atoms with Gasteiger partial charge in [0.05, 0.1) is 30.6 Å². The summed E-state index contributed by atoms with van der Waals surface area (Å²) >= 11 is 0. The molecule has 4 unspecified atom stereocenters. The number of rotatable bonds is 7. The van der Waals surface area contributed by atoms with Crippen molar-refractivity contribution in [3.8, 4) is 6.07 Å². The van der Waals surface area contributed by atoms with Crippen LogP contribution in [-0.4, -0.2) is 71.2 Å². The van der Waals surface area contributed by atoms with Crippen molar-refractivity contribution in [2.45, 2.75) is 114 Å². The molecule has 13 heteroatoms. The number of anilines is 1. The fourth-order valence-electron chi connectivity index (χ4n) is 6.08. The molecular weight excluding hydrogens is 565 g/mol. The van der Waals surface area contributed by atoms with E-state index in [0.29, 0.717) is 31.5 Å². The van der Waals surface area contributed by atoms with Gasteiger partial charge in [-0.25, -0.2) is 15.2 Å². The molecule has 10 nitrogen and oxygen atoms in total. The lowest BCUT2D eigenvalue weighted by Gasteiger charge is -2.47. The number of nitrogens with zero attached hydrogens (tertiary/aromatic N) is 2. The van der Waals surface area contributed by atoms with Gasteiger partial charge in [0.15, 0.2) is 6.10 Å². The summed E-state index contributed by atoms with van der Waals surface area (Å²) in [4.78, 5) is 25.8. The van der Waals surface area contributed by atoms with E-state index in [4.69, 9.17) is 9.47 Å². The Bertz CT molecular complexity index is 1200. The number of hydrogen-bond acceptors (Lipinski definition) is 9. The molecule has 3 heterocycles. The van der Waals surface area contributed by atoms with Crippen molar-refractivity contribution in [1.82, 2.24) is 21.1 Å². The number of alkyl halides is 3. The Balaban J connectivity index is 1.53. The molecule has 3 aliphatic rings. The zero-order valence-electron chi connectivity index (χ0n) is 25.6. The molecule has 1 amide bonds. The van der Waals surface area contributed by atoms with Gasteiger partial charge in [-0.2, -0.15) is 18.4 Å². The van der Waals surface area contributed by atoms with E-state index in [1.807, 2.05) is 5.01 Å². The molecule has 3 saturated heterocycles. The molecule has 4 N–H and O–H groups in total. The maximum atomic E-state index is 13.9. The molecule has 0 spiro atoms. The van der Waals surface area contributed by atoms with Crippen LogP contribution in [0.1, 0.15) is 78.8 Å². The molecule has 0 aliphatic carbocycles. The van der Waals surface area contributed by atoms with Crippen LogP contribution in [0.3, 0.4) is 0 Å². The first kappa shape index (κ1) is 33.0. The number of fused-ring (bicyclic) bond motifs is 1. The second kappa shape index (κ2) is 12.2. The van der Waals surface area contributed by atoms with E-state index in [0.717, 1.165) is 0 Å². The number of esters is 1. The van der Waals surface area contributed by atoms with Crippen molar-refractivity contribution in [3.63, 3.8) is 0 Å². The van der Waals surface area contributed by atoms with Crippen molar-refractivity contribution in [3.05, 3.63) is 29.8 Å². The number of nitrogens with one attached hydrogen (secondary N) is 4. The molecule has 238 valence electrons. The van der Waals surface area contributed by atoms with E-state index < -0.39 is 53.1 Å². The minimum Gasteiger partial charge on any atom is -0.458 e. The summed E-state index contributed by atoms with van der Waals surface area (Å²) in [5, 5.41) is 20.6. The Morgan fingerprint density at radius 1 is 1.19 bits per heavy atom. The van der Waals surface area contributed by atoms with Crippen molar-refractivity contribution >= 4 is 17.6 Å². The monoisotopic (exact) mass is 608 g/mol. The summed E-state index contributed by atoms with van der Waals surface area (Å²) in [6, 6.07) is 6.13. The molecule has 1 aromatic carbocycles. The van der Waals surface area contributed by atoms with E-state index >= 15 is 0 Å². The minimum atomic E-state index is -4.48. The zero-order valence-corrected chi connectivity index (χ0v) is 25.6. The minimum absolute atomic E-state index is 0.0779. The normalized spacial score (nSPS) is 29.3. The average molecular weight is 609 g/mol. The summed E-state index contributed by atoms with van der Waals surface area (Å²) in [5.74, 6) is -1.16. The number of carbonyl (C=O) groups is 2. The van der Waals surface area contributed by atoms with Crippen molar-refractivity contribution < 1.29 is 32.2 Å². The van der Waals surface area contributed by atoms with Crippen LogP contribution in [0.25, 0.3) is 0 Å². The highest BCUT2D eigenvalue weighted by Gasteiger charge is 2.56. The lowest BCUT2D eigenvalue weighted by atomic mass is 9.83. The van der Waals surface area contributed by atoms with Gasteiger partial charge in [0.1, 0.15) is 17.8 Å². The Morgan fingerprint density at radius 2 is 1.86 bits per heavy atom. The molecule has 1 aromatic rings. The largest absolute Gasteiger partial charge is 0.458 e. The number of piperidine rings is 1. The zero-order chi connectivity index (χ0) is 31.8. The third-order valence-electron chi connectivity index (χ3n) is 7.91. The number of amides is 1. The summed E-state index contributed by atoms with van der Waals surface area (Å²) in [7, 11) is 0. The van der Waals surface area contributed by atoms with Crippen LogP contribution in [0.2, 0.25) is 0 Å². The molecule has 43 heavy (non-hydrogen) atoms. The Hall–Kier alpha value is -2.92. The van der Waals surface area contributed by atoms with E-state index in [2.05, 4.69) is 27.4 Å². The summed E-state index contributed by atoms with van der Waals surface area (Å²) in [5.41, 5.74) is 1.81. The molecule has 3 fully saturated rings. The van der Waals surface area contributed by atoms with E-state index in [1.165, 1.54) is 12.1 Å². The van der Waals surface area contributed by atoms with Gasteiger partial charge < -0.3 is 20.1 Å². The number of halogens is 3.